The second kappa shape index (κ2) is 15.3. The van der Waals surface area contributed by atoms with Gasteiger partial charge in [-0.15, -0.1) is 48.0 Å². The molecule has 4 nitrogen and oxygen atoms in total. The zero-order chi connectivity index (χ0) is 38.4. The number of hydrogen-bond acceptors (Lipinski definition) is 3. The topological polar surface area (TPSA) is 43.9 Å². The van der Waals surface area contributed by atoms with Gasteiger partial charge in [-0.1, -0.05) is 157 Å². The maximum Gasteiger partial charge on any atom is 2.00 e. The van der Waals surface area contributed by atoms with Gasteiger partial charge in [0.1, 0.15) is 11.5 Å². The number of benzene rings is 8. The summed E-state index contributed by atoms with van der Waals surface area (Å²) in [6.07, 6.45) is 1.95. The summed E-state index contributed by atoms with van der Waals surface area (Å²) in [7, 11) is 0. The average molecular weight is 935 g/mol. The van der Waals surface area contributed by atoms with E-state index in [1.165, 1.54) is 22.3 Å². The molecule has 0 atom stereocenters. The molecule has 0 saturated carbocycles. The Morgan fingerprint density at radius 3 is 1.69 bits per heavy atom. The van der Waals surface area contributed by atoms with Gasteiger partial charge in [-0.3, -0.25) is 4.98 Å². The summed E-state index contributed by atoms with van der Waals surface area (Å²) in [5.74, 6) is 0.538. The quantitative estimate of drug-likeness (QED) is 0.150. The first-order chi connectivity index (χ1) is 28.7. The van der Waals surface area contributed by atoms with Crippen LogP contribution >= 0.6 is 0 Å². The number of hydrogen-bond donors (Lipinski definition) is 0. The Morgan fingerprint density at radius 1 is 0.441 bits per heavy atom. The molecular formula is C54H33N3OPt. The fourth-order valence-electron chi connectivity index (χ4n) is 7.92. The van der Waals surface area contributed by atoms with E-state index in [0.717, 1.165) is 77.7 Å². The van der Waals surface area contributed by atoms with Crippen molar-refractivity contribution in [2.24, 2.45) is 0 Å². The van der Waals surface area contributed by atoms with E-state index < -0.39 is 0 Å². The molecule has 3 aromatic heterocycles. The van der Waals surface area contributed by atoms with E-state index in [1.54, 1.807) is 0 Å². The molecule has 0 unspecified atom stereocenters. The molecule has 0 aliphatic carbocycles. The molecule has 0 aliphatic heterocycles. The van der Waals surface area contributed by atoms with Crippen molar-refractivity contribution in [1.29, 1.82) is 0 Å². The van der Waals surface area contributed by atoms with Crippen LogP contribution in [0, 0.1) is 12.1 Å². The van der Waals surface area contributed by atoms with Crippen molar-refractivity contribution in [1.82, 2.24) is 14.5 Å². The molecule has 3 heterocycles. The molecule has 0 amide bonds. The minimum Gasteiger partial charge on any atom is -0.481 e. The van der Waals surface area contributed by atoms with Crippen molar-refractivity contribution in [2.45, 2.75) is 0 Å². The summed E-state index contributed by atoms with van der Waals surface area (Å²) in [4.78, 5) is 9.74. The predicted octanol–water partition coefficient (Wildman–Crippen LogP) is 13.9. The molecule has 59 heavy (non-hydrogen) atoms. The van der Waals surface area contributed by atoms with E-state index in [0.29, 0.717) is 5.89 Å². The van der Waals surface area contributed by atoms with Gasteiger partial charge in [0.25, 0.3) is 0 Å². The number of fused-ring (bicyclic) bond motifs is 4. The Hall–Kier alpha value is -7.13. The van der Waals surface area contributed by atoms with Gasteiger partial charge < -0.3 is 14.0 Å². The number of para-hydroxylation sites is 2. The Kier molecular flexibility index (Phi) is 9.41. The smallest absolute Gasteiger partial charge is 0.481 e. The SMILES string of the molecule is [Pt+2].[c-]1c(-c2ccc(-c3ccc(-c4ccccc4)cc3)cn2)cccc1-n1c2[c-]c(-c3nc4ccccc4o3)ccc2c2cc(-c3ccc(-c4ccccc4)cc3)ccc21. The molecule has 0 N–H and O–H groups in total. The summed E-state index contributed by atoms with van der Waals surface area (Å²) >= 11 is 0. The van der Waals surface area contributed by atoms with Crippen LogP contribution in [0.15, 0.2) is 205 Å². The monoisotopic (exact) mass is 934 g/mol. The first kappa shape index (κ1) is 36.2. The fraction of sp³-hybridized carbons (Fsp3) is 0. The van der Waals surface area contributed by atoms with E-state index in [-0.39, 0.29) is 21.1 Å². The Morgan fingerprint density at radius 2 is 1.03 bits per heavy atom. The molecule has 0 fully saturated rings. The molecule has 8 aromatic carbocycles. The van der Waals surface area contributed by atoms with Gasteiger partial charge in [0.15, 0.2) is 0 Å². The summed E-state index contributed by atoms with van der Waals surface area (Å²) in [6, 6.07) is 75.0. The number of pyridine rings is 1. The summed E-state index contributed by atoms with van der Waals surface area (Å²) in [5, 5.41) is 2.21. The van der Waals surface area contributed by atoms with E-state index in [9.17, 15) is 0 Å². The van der Waals surface area contributed by atoms with Crippen LogP contribution in [-0.2, 0) is 21.1 Å². The molecule has 280 valence electrons. The van der Waals surface area contributed by atoms with Crippen molar-refractivity contribution >= 4 is 32.9 Å². The van der Waals surface area contributed by atoms with E-state index in [2.05, 4.69) is 174 Å². The predicted molar refractivity (Wildman–Crippen MR) is 236 cm³/mol. The molecule has 5 heteroatoms. The van der Waals surface area contributed by atoms with Gasteiger partial charge in [0.05, 0.1) is 5.52 Å². The van der Waals surface area contributed by atoms with Gasteiger partial charge in [-0.25, -0.2) is 0 Å². The number of oxazole rings is 1. The van der Waals surface area contributed by atoms with Gasteiger partial charge >= 0.3 is 21.1 Å². The maximum absolute atomic E-state index is 6.22. The van der Waals surface area contributed by atoms with Crippen molar-refractivity contribution in [3.63, 3.8) is 0 Å². The Bertz CT molecular complexity index is 3210. The Balaban J connectivity index is 0.00000420. The second-order valence-electron chi connectivity index (χ2n) is 14.5. The normalized spacial score (nSPS) is 11.3. The summed E-state index contributed by atoms with van der Waals surface area (Å²) < 4.78 is 8.46. The van der Waals surface area contributed by atoms with Crippen molar-refractivity contribution in [3.8, 4) is 72.9 Å². The first-order valence-electron chi connectivity index (χ1n) is 19.4. The fourth-order valence-corrected chi connectivity index (χ4v) is 7.92. The second-order valence-corrected chi connectivity index (χ2v) is 14.5. The molecular weight excluding hydrogens is 902 g/mol. The van der Waals surface area contributed by atoms with Crippen LogP contribution in [0.2, 0.25) is 0 Å². The van der Waals surface area contributed by atoms with Gasteiger partial charge in [-0.05, 0) is 85.0 Å². The van der Waals surface area contributed by atoms with Crippen LogP contribution in [0.3, 0.4) is 0 Å². The average Bonchev–Trinajstić information content (AvgIpc) is 3.89. The zero-order valence-electron chi connectivity index (χ0n) is 31.6. The van der Waals surface area contributed by atoms with E-state index in [4.69, 9.17) is 14.4 Å². The van der Waals surface area contributed by atoms with Crippen LogP contribution in [0.25, 0.3) is 106 Å². The molecule has 0 radical (unpaired) electrons. The van der Waals surface area contributed by atoms with Gasteiger partial charge in [0, 0.05) is 11.7 Å². The van der Waals surface area contributed by atoms with Crippen LogP contribution in [-0.4, -0.2) is 14.5 Å². The zero-order valence-corrected chi connectivity index (χ0v) is 33.9. The molecule has 0 saturated heterocycles. The molecule has 11 aromatic rings. The largest absolute Gasteiger partial charge is 2.00 e. The Labute approximate surface area is 356 Å². The summed E-state index contributed by atoms with van der Waals surface area (Å²) in [6.45, 7) is 0. The number of aromatic nitrogens is 3. The number of nitrogens with zero attached hydrogens (tertiary/aromatic N) is 3. The third-order valence-electron chi connectivity index (χ3n) is 10.9. The minimum absolute atomic E-state index is 0. The van der Waals surface area contributed by atoms with Crippen molar-refractivity contribution in [3.05, 3.63) is 212 Å². The van der Waals surface area contributed by atoms with E-state index in [1.807, 2.05) is 42.6 Å². The number of rotatable bonds is 7. The molecule has 0 spiro atoms. The molecule has 0 bridgehead atoms. The van der Waals surface area contributed by atoms with Crippen LogP contribution in [0.5, 0.6) is 0 Å². The van der Waals surface area contributed by atoms with Crippen LogP contribution < -0.4 is 0 Å². The maximum atomic E-state index is 6.22. The van der Waals surface area contributed by atoms with Crippen molar-refractivity contribution < 1.29 is 25.5 Å². The third-order valence-corrected chi connectivity index (χ3v) is 10.9. The van der Waals surface area contributed by atoms with Gasteiger partial charge in [0.2, 0.25) is 0 Å². The van der Waals surface area contributed by atoms with Crippen molar-refractivity contribution in [2.75, 3.05) is 0 Å². The third kappa shape index (κ3) is 6.78. The minimum atomic E-state index is 0. The molecule has 0 aliphatic rings. The summed E-state index contributed by atoms with van der Waals surface area (Å²) in [5.41, 5.74) is 16.3. The molecule has 11 rings (SSSR count). The van der Waals surface area contributed by atoms with Gasteiger partial charge in [-0.2, -0.15) is 0 Å². The standard InChI is InChI=1S/C54H33N3O.Pt/c1-3-10-36(11-4-1)38-18-22-40(23-19-38)42-28-31-51-48(33-42)47-29-26-44(54-56-50-16-7-8-17-53(50)58-54)34-52(47)57(51)46-15-9-14-43(32-46)49-30-27-45(35-55-49)41-24-20-39(21-25-41)37-12-5-2-6-13-37;/h1-31,33,35H;/q-2;+2. The first-order valence-corrected chi connectivity index (χ1v) is 19.4. The van der Waals surface area contributed by atoms with Crippen LogP contribution in [0.4, 0.5) is 0 Å². The van der Waals surface area contributed by atoms with Crippen LogP contribution in [0.1, 0.15) is 0 Å². The van der Waals surface area contributed by atoms with E-state index >= 15 is 0 Å².